The van der Waals surface area contributed by atoms with Crippen molar-refractivity contribution in [3.63, 3.8) is 0 Å². The van der Waals surface area contributed by atoms with Crippen LogP contribution >= 0.6 is 27.5 Å². The Balaban J connectivity index is 2.61. The van der Waals surface area contributed by atoms with Gasteiger partial charge in [-0.2, -0.15) is 0 Å². The van der Waals surface area contributed by atoms with E-state index in [2.05, 4.69) is 20.7 Å². The second kappa shape index (κ2) is 9.54. The molecule has 9 nitrogen and oxygen atoms in total. The van der Waals surface area contributed by atoms with Crippen LogP contribution in [0.3, 0.4) is 0 Å². The smallest absolute Gasteiger partial charge is 0.337 e. The van der Waals surface area contributed by atoms with Gasteiger partial charge >= 0.3 is 11.9 Å². The standard InChI is InChI=1S/C18H17BrClNO8S/c1-3-28-14-7-10(17(22)23)13(8-15(14)29-4-2)21-30(26,27)9-5-11(18(24)25)16(20)12(19)6-9/h5-8,21H,3-4H2,1-2H3,(H,22,23)(H,24,25). The van der Waals surface area contributed by atoms with Crippen LogP contribution in [-0.2, 0) is 10.0 Å². The number of carbonyl (C=O) groups is 2. The minimum absolute atomic E-state index is 0.0459. The van der Waals surface area contributed by atoms with E-state index in [1.54, 1.807) is 13.8 Å². The highest BCUT2D eigenvalue weighted by molar-refractivity contribution is 9.10. The van der Waals surface area contributed by atoms with Gasteiger partial charge in [0.1, 0.15) is 0 Å². The molecule has 0 atom stereocenters. The number of hydrogen-bond acceptors (Lipinski definition) is 6. The molecule has 0 aliphatic heterocycles. The summed E-state index contributed by atoms with van der Waals surface area (Å²) < 4.78 is 38.7. The number of aromatic carboxylic acids is 2. The van der Waals surface area contributed by atoms with Crippen LogP contribution in [0.15, 0.2) is 33.6 Å². The van der Waals surface area contributed by atoms with Crippen LogP contribution in [-0.4, -0.2) is 43.8 Å². The second-order valence-electron chi connectivity index (χ2n) is 5.69. The molecule has 0 saturated heterocycles. The first-order valence-electron chi connectivity index (χ1n) is 8.43. The van der Waals surface area contributed by atoms with Crippen molar-refractivity contribution >= 4 is 55.2 Å². The Kier molecular flexibility index (Phi) is 7.56. The quantitative estimate of drug-likeness (QED) is 0.447. The van der Waals surface area contributed by atoms with Gasteiger partial charge in [0.15, 0.2) is 11.5 Å². The molecule has 12 heteroatoms. The average molecular weight is 523 g/mol. The largest absolute Gasteiger partial charge is 0.490 e. The molecule has 0 aliphatic carbocycles. The summed E-state index contributed by atoms with van der Waals surface area (Å²) in [6.45, 7) is 3.86. The molecule has 0 spiro atoms. The zero-order valence-corrected chi connectivity index (χ0v) is 18.9. The molecule has 2 rings (SSSR count). The summed E-state index contributed by atoms with van der Waals surface area (Å²) in [5, 5.41) is 18.6. The highest BCUT2D eigenvalue weighted by Crippen LogP contribution is 2.36. The summed E-state index contributed by atoms with van der Waals surface area (Å²) in [5.41, 5.74) is -1.10. The summed E-state index contributed by atoms with van der Waals surface area (Å²) in [5.74, 6) is -2.54. The maximum absolute atomic E-state index is 12.9. The predicted molar refractivity (Wildman–Crippen MR) is 113 cm³/mol. The number of benzene rings is 2. The summed E-state index contributed by atoms with van der Waals surface area (Å²) >= 11 is 8.91. The fourth-order valence-electron chi connectivity index (χ4n) is 2.44. The molecule has 2 aromatic rings. The van der Waals surface area contributed by atoms with Gasteiger partial charge in [-0.25, -0.2) is 18.0 Å². The van der Waals surface area contributed by atoms with Crippen LogP contribution in [0.1, 0.15) is 34.6 Å². The Morgan fingerprint density at radius 3 is 2.03 bits per heavy atom. The predicted octanol–water partition coefficient (Wildman–Crippen LogP) is 4.10. The Bertz CT molecular complexity index is 1100. The van der Waals surface area contributed by atoms with E-state index in [9.17, 15) is 28.2 Å². The van der Waals surface area contributed by atoms with Crippen LogP contribution in [0.5, 0.6) is 11.5 Å². The molecule has 0 radical (unpaired) electrons. The summed E-state index contributed by atoms with van der Waals surface area (Å²) in [7, 11) is -4.38. The number of ether oxygens (including phenoxy) is 2. The lowest BCUT2D eigenvalue weighted by molar-refractivity contribution is 0.0686. The fourth-order valence-corrected chi connectivity index (χ4v) is 4.36. The maximum atomic E-state index is 12.9. The Labute approximate surface area is 185 Å². The topological polar surface area (TPSA) is 139 Å². The van der Waals surface area contributed by atoms with Crippen LogP contribution in [0.2, 0.25) is 5.02 Å². The van der Waals surface area contributed by atoms with Crippen molar-refractivity contribution in [3.05, 3.63) is 44.9 Å². The first kappa shape index (κ1) is 23.8. The molecular formula is C18H17BrClNO8S. The molecule has 162 valence electrons. The van der Waals surface area contributed by atoms with Crippen LogP contribution in [0.25, 0.3) is 0 Å². The van der Waals surface area contributed by atoms with Gasteiger partial charge in [-0.05, 0) is 41.9 Å². The van der Waals surface area contributed by atoms with Crippen molar-refractivity contribution in [3.8, 4) is 11.5 Å². The van der Waals surface area contributed by atoms with Crippen LogP contribution in [0.4, 0.5) is 5.69 Å². The highest BCUT2D eigenvalue weighted by atomic mass is 79.9. The van der Waals surface area contributed by atoms with Gasteiger partial charge in [-0.1, -0.05) is 11.6 Å². The summed E-state index contributed by atoms with van der Waals surface area (Å²) in [6.07, 6.45) is 0. The molecule has 0 aliphatic rings. The molecule has 30 heavy (non-hydrogen) atoms. The van der Waals surface area contributed by atoms with E-state index in [1.807, 2.05) is 0 Å². The third-order valence-electron chi connectivity index (χ3n) is 3.70. The molecule has 0 unspecified atom stereocenters. The number of anilines is 1. The van der Waals surface area contributed by atoms with Gasteiger partial charge in [0.05, 0.1) is 39.9 Å². The molecule has 0 amide bonds. The van der Waals surface area contributed by atoms with E-state index in [0.29, 0.717) is 0 Å². The van der Waals surface area contributed by atoms with E-state index >= 15 is 0 Å². The van der Waals surface area contributed by atoms with Crippen molar-refractivity contribution in [1.29, 1.82) is 0 Å². The van der Waals surface area contributed by atoms with Crippen LogP contribution in [0, 0.1) is 0 Å². The number of carboxylic acids is 2. The number of sulfonamides is 1. The zero-order chi connectivity index (χ0) is 22.6. The van der Waals surface area contributed by atoms with Gasteiger partial charge in [0, 0.05) is 16.6 Å². The molecule has 2 aromatic carbocycles. The molecule has 0 heterocycles. The normalized spacial score (nSPS) is 11.1. The lowest BCUT2D eigenvalue weighted by Gasteiger charge is -2.16. The third-order valence-corrected chi connectivity index (χ3v) is 6.31. The lowest BCUT2D eigenvalue weighted by Crippen LogP contribution is -2.17. The maximum Gasteiger partial charge on any atom is 0.337 e. The summed E-state index contributed by atoms with van der Waals surface area (Å²) in [6, 6.07) is 4.32. The number of halogens is 2. The van der Waals surface area contributed by atoms with E-state index in [4.69, 9.17) is 21.1 Å². The number of nitrogens with one attached hydrogen (secondary N) is 1. The van der Waals surface area contributed by atoms with Gasteiger partial charge in [-0.3, -0.25) is 4.72 Å². The van der Waals surface area contributed by atoms with Crippen molar-refractivity contribution in [1.82, 2.24) is 0 Å². The summed E-state index contributed by atoms with van der Waals surface area (Å²) in [4.78, 5) is 22.6. The average Bonchev–Trinajstić information content (AvgIpc) is 2.65. The molecule has 3 N–H and O–H groups in total. The third kappa shape index (κ3) is 5.15. The van der Waals surface area contributed by atoms with Crippen LogP contribution < -0.4 is 14.2 Å². The minimum atomic E-state index is -4.38. The van der Waals surface area contributed by atoms with E-state index < -0.39 is 32.4 Å². The molecular weight excluding hydrogens is 506 g/mol. The molecule has 0 bridgehead atoms. The highest BCUT2D eigenvalue weighted by Gasteiger charge is 2.25. The van der Waals surface area contributed by atoms with Crippen molar-refractivity contribution in [2.75, 3.05) is 17.9 Å². The monoisotopic (exact) mass is 521 g/mol. The van der Waals surface area contributed by atoms with Gasteiger partial charge in [0.2, 0.25) is 0 Å². The van der Waals surface area contributed by atoms with Gasteiger partial charge in [0.25, 0.3) is 10.0 Å². The van der Waals surface area contributed by atoms with E-state index in [1.165, 1.54) is 6.07 Å². The second-order valence-corrected chi connectivity index (χ2v) is 8.61. The van der Waals surface area contributed by atoms with Gasteiger partial charge < -0.3 is 19.7 Å². The zero-order valence-electron chi connectivity index (χ0n) is 15.7. The SMILES string of the molecule is CCOc1cc(NS(=O)(=O)c2cc(Br)c(Cl)c(C(=O)O)c2)c(C(=O)O)cc1OCC. The number of carboxylic acid groups (broad SMARTS) is 2. The Morgan fingerprint density at radius 2 is 1.53 bits per heavy atom. The first-order valence-corrected chi connectivity index (χ1v) is 11.1. The minimum Gasteiger partial charge on any atom is -0.490 e. The van der Waals surface area contributed by atoms with Crippen molar-refractivity contribution < 1.29 is 37.7 Å². The number of hydrogen-bond donors (Lipinski definition) is 3. The Hall–Kier alpha value is -2.50. The fraction of sp³-hybridized carbons (Fsp3) is 0.222. The molecule has 0 saturated carbocycles. The first-order chi connectivity index (χ1) is 14.0. The Morgan fingerprint density at radius 1 is 1.00 bits per heavy atom. The van der Waals surface area contributed by atoms with E-state index in [-0.39, 0.29) is 45.5 Å². The molecule has 0 aromatic heterocycles. The van der Waals surface area contributed by atoms with Crippen molar-refractivity contribution in [2.24, 2.45) is 0 Å². The van der Waals surface area contributed by atoms with Gasteiger partial charge in [-0.15, -0.1) is 0 Å². The lowest BCUT2D eigenvalue weighted by atomic mass is 10.1. The molecule has 0 fully saturated rings. The number of rotatable bonds is 9. The van der Waals surface area contributed by atoms with E-state index in [0.717, 1.165) is 18.2 Å². The van der Waals surface area contributed by atoms with Crippen molar-refractivity contribution in [2.45, 2.75) is 18.7 Å².